The number of anilines is 1. The second-order valence-electron chi connectivity index (χ2n) is 11.2. The number of aromatic amines is 1. The zero-order valence-corrected chi connectivity index (χ0v) is 22.5. The maximum Gasteiger partial charge on any atom is 0.0653 e. The molecule has 0 amide bonds. The van der Waals surface area contributed by atoms with Crippen LogP contribution in [0.3, 0.4) is 0 Å². The lowest BCUT2D eigenvalue weighted by Crippen LogP contribution is -2.40. The summed E-state index contributed by atoms with van der Waals surface area (Å²) < 4.78 is 0. The molecule has 0 bridgehead atoms. The number of H-pyrrole nitrogens is 1. The van der Waals surface area contributed by atoms with E-state index in [0.29, 0.717) is 17.3 Å². The Morgan fingerprint density at radius 1 is 1.08 bits per heavy atom. The van der Waals surface area contributed by atoms with E-state index in [1.54, 1.807) is 0 Å². The van der Waals surface area contributed by atoms with E-state index in [1.807, 2.05) is 6.20 Å². The molecule has 3 aromatic rings. The standard InChI is InChI=1S/C33H43N3/c1-5-8-24(4)27-13-14-28-29(15-16-31-30(28)23-34-35-31)32(27)25-9-11-26(12-10-25)36-21-19-33(17-6-2,18-7-3)20-22-36/h5,8-12,15-16,23,27,32H,4,6-7,13-14,17-22H2,1-3H3,(H,34,35)/b8-5-/t27-,32+/m0/s1. The second-order valence-corrected chi connectivity index (χ2v) is 11.2. The van der Waals surface area contributed by atoms with E-state index in [1.165, 1.54) is 85.0 Å². The molecule has 2 aromatic carbocycles. The number of rotatable bonds is 8. The van der Waals surface area contributed by atoms with Gasteiger partial charge in [0.2, 0.25) is 0 Å². The summed E-state index contributed by atoms with van der Waals surface area (Å²) in [6.07, 6.45) is 16.6. The number of hydrogen-bond acceptors (Lipinski definition) is 2. The summed E-state index contributed by atoms with van der Waals surface area (Å²) in [7, 11) is 0. The van der Waals surface area contributed by atoms with E-state index in [9.17, 15) is 0 Å². The lowest BCUT2D eigenvalue weighted by molar-refractivity contribution is 0.178. The summed E-state index contributed by atoms with van der Waals surface area (Å²) in [4.78, 5) is 2.62. The Morgan fingerprint density at radius 2 is 1.81 bits per heavy atom. The van der Waals surface area contributed by atoms with Gasteiger partial charge < -0.3 is 4.90 Å². The number of nitrogens with zero attached hydrogens (tertiary/aromatic N) is 2. The molecule has 190 valence electrons. The van der Waals surface area contributed by atoms with Gasteiger partial charge in [-0.15, -0.1) is 0 Å². The maximum absolute atomic E-state index is 4.49. The molecule has 5 rings (SSSR count). The lowest BCUT2D eigenvalue weighted by Gasteiger charge is -2.43. The van der Waals surface area contributed by atoms with Crippen LogP contribution < -0.4 is 4.90 Å². The number of benzene rings is 2. The Bertz CT molecular complexity index is 1200. The van der Waals surface area contributed by atoms with Crippen LogP contribution in [0.5, 0.6) is 0 Å². The minimum absolute atomic E-state index is 0.328. The summed E-state index contributed by atoms with van der Waals surface area (Å²) >= 11 is 0. The predicted molar refractivity (Wildman–Crippen MR) is 154 cm³/mol. The molecular weight excluding hydrogens is 438 g/mol. The molecule has 0 saturated carbocycles. The molecule has 0 spiro atoms. The molecule has 1 fully saturated rings. The largest absolute Gasteiger partial charge is 0.371 e. The van der Waals surface area contributed by atoms with Crippen molar-refractivity contribution in [3.8, 4) is 0 Å². The minimum atomic E-state index is 0.328. The fourth-order valence-corrected chi connectivity index (χ4v) is 7.31. The highest BCUT2D eigenvalue weighted by atomic mass is 15.1. The monoisotopic (exact) mass is 481 g/mol. The Morgan fingerprint density at radius 3 is 2.47 bits per heavy atom. The first kappa shape index (κ1) is 24.9. The van der Waals surface area contributed by atoms with Gasteiger partial charge in [0.05, 0.1) is 11.7 Å². The van der Waals surface area contributed by atoms with Gasteiger partial charge in [0.25, 0.3) is 0 Å². The third kappa shape index (κ3) is 4.65. The van der Waals surface area contributed by atoms with E-state index in [-0.39, 0.29) is 0 Å². The van der Waals surface area contributed by atoms with Crippen LogP contribution in [0.4, 0.5) is 5.69 Å². The van der Waals surface area contributed by atoms with Crippen LogP contribution >= 0.6 is 0 Å². The van der Waals surface area contributed by atoms with Gasteiger partial charge in [0.15, 0.2) is 0 Å². The van der Waals surface area contributed by atoms with E-state index < -0.39 is 0 Å². The first-order valence-electron chi connectivity index (χ1n) is 14.2. The van der Waals surface area contributed by atoms with E-state index in [4.69, 9.17) is 0 Å². The Labute approximate surface area is 217 Å². The van der Waals surface area contributed by atoms with Gasteiger partial charge in [-0.3, -0.25) is 5.10 Å². The fraction of sp³-hybridized carbons (Fsp3) is 0.485. The van der Waals surface area contributed by atoms with Gasteiger partial charge in [-0.05, 0) is 91.7 Å². The number of piperidine rings is 1. The van der Waals surface area contributed by atoms with Crippen molar-refractivity contribution < 1.29 is 0 Å². The minimum Gasteiger partial charge on any atom is -0.371 e. The molecule has 1 aliphatic carbocycles. The fourth-order valence-electron chi connectivity index (χ4n) is 7.31. The summed E-state index contributed by atoms with van der Waals surface area (Å²) in [5, 5.41) is 8.77. The molecule has 1 aliphatic heterocycles. The van der Waals surface area contributed by atoms with Crippen molar-refractivity contribution in [2.75, 3.05) is 18.0 Å². The zero-order valence-electron chi connectivity index (χ0n) is 22.5. The van der Waals surface area contributed by atoms with Crippen LogP contribution in [-0.4, -0.2) is 23.3 Å². The molecule has 2 atom stereocenters. The number of aromatic nitrogens is 2. The molecule has 36 heavy (non-hydrogen) atoms. The summed E-state index contributed by atoms with van der Waals surface area (Å²) in [5.41, 5.74) is 8.64. The van der Waals surface area contributed by atoms with Gasteiger partial charge in [0, 0.05) is 30.1 Å². The van der Waals surface area contributed by atoms with Crippen molar-refractivity contribution in [2.45, 2.75) is 78.1 Å². The van der Waals surface area contributed by atoms with Crippen molar-refractivity contribution >= 4 is 16.6 Å². The van der Waals surface area contributed by atoms with Gasteiger partial charge in [-0.1, -0.05) is 69.2 Å². The van der Waals surface area contributed by atoms with Gasteiger partial charge in [-0.2, -0.15) is 5.10 Å². The highest BCUT2D eigenvalue weighted by molar-refractivity contribution is 5.83. The van der Waals surface area contributed by atoms with Crippen LogP contribution in [-0.2, 0) is 6.42 Å². The van der Waals surface area contributed by atoms with Crippen LogP contribution in [0.2, 0.25) is 0 Å². The molecule has 2 heterocycles. The molecule has 0 unspecified atom stereocenters. The van der Waals surface area contributed by atoms with Crippen LogP contribution in [0, 0.1) is 11.3 Å². The third-order valence-electron chi connectivity index (χ3n) is 9.07. The third-order valence-corrected chi connectivity index (χ3v) is 9.07. The maximum atomic E-state index is 4.49. The van der Waals surface area contributed by atoms with Gasteiger partial charge in [-0.25, -0.2) is 0 Å². The highest BCUT2D eigenvalue weighted by Gasteiger charge is 2.34. The summed E-state index contributed by atoms with van der Waals surface area (Å²) in [5.74, 6) is 0.747. The highest BCUT2D eigenvalue weighted by Crippen LogP contribution is 2.46. The SMILES string of the molecule is C=C(/C=C\C)[C@@H]1CCc2c(ccc3[nH]ncc23)[C@@H]1c1ccc(N2CCC(CCC)(CCC)CC2)cc1. The van der Waals surface area contributed by atoms with Gasteiger partial charge >= 0.3 is 0 Å². The van der Waals surface area contributed by atoms with Crippen LogP contribution in [0.15, 0.2) is 66.9 Å². The van der Waals surface area contributed by atoms with Crippen molar-refractivity contribution in [1.82, 2.24) is 10.2 Å². The topological polar surface area (TPSA) is 31.9 Å². The number of fused-ring (bicyclic) bond motifs is 3. The average molecular weight is 482 g/mol. The number of aryl methyl sites for hydroxylation is 1. The summed E-state index contributed by atoms with van der Waals surface area (Å²) in [6.45, 7) is 13.7. The van der Waals surface area contributed by atoms with Crippen molar-refractivity contribution in [2.24, 2.45) is 11.3 Å². The molecule has 0 radical (unpaired) electrons. The first-order chi connectivity index (χ1) is 17.6. The van der Waals surface area contributed by atoms with Crippen molar-refractivity contribution in [3.05, 3.63) is 83.6 Å². The molecule has 2 aliphatic rings. The second kappa shape index (κ2) is 10.7. The Kier molecular flexibility index (Phi) is 7.37. The molecule has 1 saturated heterocycles. The summed E-state index contributed by atoms with van der Waals surface area (Å²) in [6, 6.07) is 14.1. The van der Waals surface area contributed by atoms with Crippen LogP contribution in [0.1, 0.15) is 88.3 Å². The Balaban J connectivity index is 1.42. The quantitative estimate of drug-likeness (QED) is 0.327. The molecular formula is C33H43N3. The molecule has 3 nitrogen and oxygen atoms in total. The molecule has 3 heteroatoms. The number of hydrogen-bond donors (Lipinski definition) is 1. The first-order valence-corrected chi connectivity index (χ1v) is 14.2. The van der Waals surface area contributed by atoms with Crippen molar-refractivity contribution in [1.29, 1.82) is 0 Å². The van der Waals surface area contributed by atoms with Gasteiger partial charge in [0.1, 0.15) is 0 Å². The van der Waals surface area contributed by atoms with Crippen LogP contribution in [0.25, 0.3) is 10.9 Å². The number of nitrogens with one attached hydrogen (secondary N) is 1. The predicted octanol–water partition coefficient (Wildman–Crippen LogP) is 8.58. The van der Waals surface area contributed by atoms with E-state index in [2.05, 4.69) is 91.0 Å². The molecule has 1 aromatic heterocycles. The zero-order chi connectivity index (χ0) is 25.1. The van der Waals surface area contributed by atoms with E-state index >= 15 is 0 Å². The van der Waals surface area contributed by atoms with Crippen molar-refractivity contribution in [3.63, 3.8) is 0 Å². The molecule has 1 N–H and O–H groups in total. The Hall–Kier alpha value is -2.81. The van der Waals surface area contributed by atoms with E-state index in [0.717, 1.165) is 18.4 Å². The smallest absolute Gasteiger partial charge is 0.0653 e. The lowest BCUT2D eigenvalue weighted by atomic mass is 9.68. The average Bonchev–Trinajstić information content (AvgIpc) is 3.39. The number of allylic oxidation sites excluding steroid dienone is 3. The normalized spacial score (nSPS) is 21.7.